The lowest BCUT2D eigenvalue weighted by molar-refractivity contribution is 0.0697. The predicted molar refractivity (Wildman–Crippen MR) is 89.5 cm³/mol. The van der Waals surface area contributed by atoms with Gasteiger partial charge >= 0.3 is 5.97 Å². The topological polar surface area (TPSA) is 70.6 Å². The predicted octanol–water partition coefficient (Wildman–Crippen LogP) is 2.88. The van der Waals surface area contributed by atoms with Crippen LogP contribution >= 0.6 is 12.2 Å². The van der Waals surface area contributed by atoms with Gasteiger partial charge in [0.05, 0.1) is 12.7 Å². The van der Waals surface area contributed by atoms with Crippen molar-refractivity contribution < 1.29 is 14.6 Å². The first-order chi connectivity index (χ1) is 10.6. The van der Waals surface area contributed by atoms with E-state index in [9.17, 15) is 4.79 Å². The monoisotopic (exact) mass is 316 g/mol. The molecule has 0 radical (unpaired) electrons. The maximum Gasteiger partial charge on any atom is 0.335 e. The quantitative estimate of drug-likeness (QED) is 0.737. The second kappa shape index (κ2) is 7.42. The number of hydrogen-bond donors (Lipinski definition) is 3. The van der Waals surface area contributed by atoms with Gasteiger partial charge in [-0.15, -0.1) is 0 Å². The van der Waals surface area contributed by atoms with Crippen LogP contribution in [0.25, 0.3) is 0 Å². The number of anilines is 1. The molecule has 114 valence electrons. The number of carbonyl (C=O) groups is 1. The fourth-order valence-electron chi connectivity index (χ4n) is 1.80. The van der Waals surface area contributed by atoms with E-state index in [-0.39, 0.29) is 5.56 Å². The molecule has 0 spiro atoms. The normalized spacial score (nSPS) is 9.86. The van der Waals surface area contributed by atoms with Crippen molar-refractivity contribution in [3.63, 3.8) is 0 Å². The lowest BCUT2D eigenvalue weighted by atomic mass is 10.1. The van der Waals surface area contributed by atoms with Crippen LogP contribution in [0.3, 0.4) is 0 Å². The van der Waals surface area contributed by atoms with Crippen LogP contribution in [-0.4, -0.2) is 23.3 Å². The highest BCUT2D eigenvalue weighted by Gasteiger charge is 2.02. The maximum absolute atomic E-state index is 10.8. The summed E-state index contributed by atoms with van der Waals surface area (Å²) in [6.45, 7) is 0.516. The van der Waals surface area contributed by atoms with Gasteiger partial charge in [-0.3, -0.25) is 0 Å². The zero-order valence-corrected chi connectivity index (χ0v) is 12.8. The van der Waals surface area contributed by atoms with Gasteiger partial charge in [0, 0.05) is 12.2 Å². The summed E-state index contributed by atoms with van der Waals surface area (Å²) in [5, 5.41) is 15.5. The fourth-order valence-corrected chi connectivity index (χ4v) is 1.99. The molecule has 0 aliphatic heterocycles. The summed E-state index contributed by atoms with van der Waals surface area (Å²) in [6.07, 6.45) is 0. The van der Waals surface area contributed by atoms with Crippen molar-refractivity contribution in [3.05, 3.63) is 59.7 Å². The first-order valence-corrected chi connectivity index (χ1v) is 7.00. The smallest absolute Gasteiger partial charge is 0.335 e. The van der Waals surface area contributed by atoms with Crippen molar-refractivity contribution in [1.82, 2.24) is 5.32 Å². The number of nitrogens with one attached hydrogen (secondary N) is 2. The molecule has 3 N–H and O–H groups in total. The Morgan fingerprint density at radius 1 is 1.14 bits per heavy atom. The molecule has 0 saturated carbocycles. The van der Waals surface area contributed by atoms with Crippen LogP contribution in [0, 0.1) is 0 Å². The molecule has 2 aromatic rings. The van der Waals surface area contributed by atoms with Crippen molar-refractivity contribution in [2.45, 2.75) is 6.54 Å². The molecule has 0 bridgehead atoms. The number of rotatable bonds is 5. The van der Waals surface area contributed by atoms with Gasteiger partial charge in [-0.2, -0.15) is 0 Å². The lowest BCUT2D eigenvalue weighted by Gasteiger charge is -2.11. The summed E-state index contributed by atoms with van der Waals surface area (Å²) in [6, 6.07) is 14.1. The third kappa shape index (κ3) is 4.46. The number of aromatic carboxylic acids is 1. The molecule has 0 unspecified atom stereocenters. The molecular weight excluding hydrogens is 300 g/mol. The van der Waals surface area contributed by atoms with Gasteiger partial charge in [-0.05, 0) is 54.2 Å². The Labute approximate surface area is 133 Å². The van der Waals surface area contributed by atoms with E-state index in [0.29, 0.717) is 11.7 Å². The Morgan fingerprint density at radius 3 is 2.32 bits per heavy atom. The SMILES string of the molecule is COc1ccc(NC(=S)NCc2ccc(C(=O)O)cc2)cc1. The van der Waals surface area contributed by atoms with Crippen LogP contribution in [0.4, 0.5) is 5.69 Å². The minimum absolute atomic E-state index is 0.266. The number of ether oxygens (including phenoxy) is 1. The molecule has 2 rings (SSSR count). The average molecular weight is 316 g/mol. The Balaban J connectivity index is 1.85. The van der Waals surface area contributed by atoms with Gasteiger partial charge in [-0.1, -0.05) is 12.1 Å². The Hall–Kier alpha value is -2.60. The molecule has 0 heterocycles. The van der Waals surface area contributed by atoms with E-state index in [2.05, 4.69) is 10.6 Å². The van der Waals surface area contributed by atoms with Crippen LogP contribution in [0.2, 0.25) is 0 Å². The third-order valence-electron chi connectivity index (χ3n) is 3.00. The van der Waals surface area contributed by atoms with Gasteiger partial charge < -0.3 is 20.5 Å². The molecule has 2 aromatic carbocycles. The highest BCUT2D eigenvalue weighted by Crippen LogP contribution is 2.14. The van der Waals surface area contributed by atoms with Crippen LogP contribution < -0.4 is 15.4 Å². The largest absolute Gasteiger partial charge is 0.497 e. The van der Waals surface area contributed by atoms with E-state index in [1.807, 2.05) is 24.3 Å². The van der Waals surface area contributed by atoms with Gasteiger partial charge in [0.2, 0.25) is 0 Å². The van der Waals surface area contributed by atoms with Gasteiger partial charge in [0.15, 0.2) is 5.11 Å². The third-order valence-corrected chi connectivity index (χ3v) is 3.25. The minimum Gasteiger partial charge on any atom is -0.497 e. The minimum atomic E-state index is -0.934. The Morgan fingerprint density at radius 2 is 1.77 bits per heavy atom. The van der Waals surface area contributed by atoms with Crippen molar-refractivity contribution >= 4 is 29.0 Å². The fraction of sp³-hybridized carbons (Fsp3) is 0.125. The van der Waals surface area contributed by atoms with E-state index < -0.39 is 5.97 Å². The Bertz CT molecular complexity index is 654. The van der Waals surface area contributed by atoms with Gasteiger partial charge in [-0.25, -0.2) is 4.79 Å². The summed E-state index contributed by atoms with van der Waals surface area (Å²) in [5.41, 5.74) is 2.08. The number of benzene rings is 2. The number of carboxylic acid groups (broad SMARTS) is 1. The molecule has 0 atom stereocenters. The summed E-state index contributed by atoms with van der Waals surface area (Å²) in [7, 11) is 1.62. The van der Waals surface area contributed by atoms with Crippen molar-refractivity contribution in [3.8, 4) is 5.75 Å². The van der Waals surface area contributed by atoms with Crippen molar-refractivity contribution in [2.75, 3.05) is 12.4 Å². The first-order valence-electron chi connectivity index (χ1n) is 6.59. The van der Waals surface area contributed by atoms with Crippen molar-refractivity contribution in [2.24, 2.45) is 0 Å². The van der Waals surface area contributed by atoms with Crippen LogP contribution in [0.15, 0.2) is 48.5 Å². The van der Waals surface area contributed by atoms with E-state index in [1.165, 1.54) is 0 Å². The van der Waals surface area contributed by atoms with E-state index >= 15 is 0 Å². The molecule has 5 nitrogen and oxygen atoms in total. The molecule has 0 amide bonds. The number of hydrogen-bond acceptors (Lipinski definition) is 3. The average Bonchev–Trinajstić information content (AvgIpc) is 2.54. The van der Waals surface area contributed by atoms with Crippen LogP contribution in [0.5, 0.6) is 5.75 Å². The summed E-state index contributed by atoms with van der Waals surface area (Å²) >= 11 is 5.22. The second-order valence-electron chi connectivity index (χ2n) is 4.54. The summed E-state index contributed by atoms with van der Waals surface area (Å²) in [5.74, 6) is -0.154. The number of thiocarbonyl (C=S) groups is 1. The number of carboxylic acids is 1. The summed E-state index contributed by atoms with van der Waals surface area (Å²) < 4.78 is 5.09. The van der Waals surface area contributed by atoms with Crippen LogP contribution in [0.1, 0.15) is 15.9 Å². The molecule has 22 heavy (non-hydrogen) atoms. The van der Waals surface area contributed by atoms with E-state index in [4.69, 9.17) is 22.1 Å². The standard InChI is InChI=1S/C16H16N2O3S/c1-21-14-8-6-13(7-9-14)18-16(22)17-10-11-2-4-12(5-3-11)15(19)20/h2-9H,10H2,1H3,(H,19,20)(H2,17,18,22). The van der Waals surface area contributed by atoms with Crippen LogP contribution in [-0.2, 0) is 6.54 Å². The van der Waals surface area contributed by atoms with E-state index in [1.54, 1.807) is 31.4 Å². The lowest BCUT2D eigenvalue weighted by Crippen LogP contribution is -2.27. The zero-order valence-electron chi connectivity index (χ0n) is 12.0. The molecule has 6 heteroatoms. The highest BCUT2D eigenvalue weighted by molar-refractivity contribution is 7.80. The molecular formula is C16H16N2O3S. The number of methoxy groups -OCH3 is 1. The Kier molecular flexibility index (Phi) is 5.32. The molecule has 0 aliphatic rings. The molecule has 0 saturated heterocycles. The first kappa shape index (κ1) is 15.8. The molecule has 0 aliphatic carbocycles. The van der Waals surface area contributed by atoms with E-state index in [0.717, 1.165) is 17.0 Å². The molecule has 0 aromatic heterocycles. The molecule has 0 fully saturated rings. The van der Waals surface area contributed by atoms with Gasteiger partial charge in [0.25, 0.3) is 0 Å². The zero-order chi connectivity index (χ0) is 15.9. The van der Waals surface area contributed by atoms with Gasteiger partial charge in [0.1, 0.15) is 5.75 Å². The highest BCUT2D eigenvalue weighted by atomic mass is 32.1. The summed E-state index contributed by atoms with van der Waals surface area (Å²) in [4.78, 5) is 10.8. The second-order valence-corrected chi connectivity index (χ2v) is 4.95. The maximum atomic E-state index is 10.8. The van der Waals surface area contributed by atoms with Crippen molar-refractivity contribution in [1.29, 1.82) is 0 Å².